The molecule has 4 nitrogen and oxygen atoms in total. The second-order valence-electron chi connectivity index (χ2n) is 5.48. The lowest BCUT2D eigenvalue weighted by Crippen LogP contribution is -2.36. The summed E-state index contributed by atoms with van der Waals surface area (Å²) in [7, 11) is 0. The monoisotopic (exact) mass is 374 g/mol. The Hall–Kier alpha value is -2.14. The van der Waals surface area contributed by atoms with Crippen molar-refractivity contribution in [2.24, 2.45) is 0 Å². The summed E-state index contributed by atoms with van der Waals surface area (Å²) in [5.74, 6) is -0.417. The largest absolute Gasteiger partial charge is 0.324 e. The molecule has 2 rings (SSSR count). The number of nitrogens with zero attached hydrogens (tertiary/aromatic N) is 1. The van der Waals surface area contributed by atoms with Crippen LogP contribution in [0.1, 0.15) is 18.1 Å². The number of rotatable bonds is 4. The lowest BCUT2D eigenvalue weighted by molar-refractivity contribution is -0.120. The minimum atomic E-state index is -0.244. The van der Waals surface area contributed by atoms with Gasteiger partial charge in [-0.2, -0.15) is 0 Å². The number of aryl methyl sites for hydroxylation is 2. The van der Waals surface area contributed by atoms with Crippen LogP contribution in [0.25, 0.3) is 0 Å². The maximum atomic E-state index is 12.3. The Morgan fingerprint density at radius 3 is 2.39 bits per heavy atom. The van der Waals surface area contributed by atoms with Gasteiger partial charge in [-0.3, -0.25) is 9.59 Å². The van der Waals surface area contributed by atoms with E-state index in [0.717, 1.165) is 21.3 Å². The minimum Gasteiger partial charge on any atom is -0.324 e. The summed E-state index contributed by atoms with van der Waals surface area (Å²) in [4.78, 5) is 25.7. The van der Waals surface area contributed by atoms with Crippen LogP contribution in [0.15, 0.2) is 46.9 Å². The third kappa shape index (κ3) is 4.66. The van der Waals surface area contributed by atoms with Crippen LogP contribution in [0.4, 0.5) is 11.4 Å². The molecule has 0 aliphatic rings. The Morgan fingerprint density at radius 2 is 1.78 bits per heavy atom. The zero-order valence-electron chi connectivity index (χ0n) is 13.4. The zero-order valence-corrected chi connectivity index (χ0v) is 15.0. The summed E-state index contributed by atoms with van der Waals surface area (Å²) in [5, 5.41) is 2.83. The SMILES string of the molecule is CC(=O)N(CC(=O)Nc1ccc(C)cc1Br)c1cccc(C)c1. The molecular weight excluding hydrogens is 356 g/mol. The van der Waals surface area contributed by atoms with Gasteiger partial charge in [0.05, 0.1) is 5.69 Å². The van der Waals surface area contributed by atoms with Gasteiger partial charge in [0.15, 0.2) is 0 Å². The Bertz CT molecular complexity index is 744. The first kappa shape index (κ1) is 17.2. The Kier molecular flexibility index (Phi) is 5.55. The first-order valence-electron chi connectivity index (χ1n) is 7.27. The maximum absolute atomic E-state index is 12.3. The van der Waals surface area contributed by atoms with E-state index >= 15 is 0 Å². The molecule has 0 radical (unpaired) electrons. The number of nitrogens with one attached hydrogen (secondary N) is 1. The van der Waals surface area contributed by atoms with E-state index in [-0.39, 0.29) is 18.4 Å². The number of hydrogen-bond acceptors (Lipinski definition) is 2. The number of amides is 2. The molecular formula is C18H19BrN2O2. The third-order valence-electron chi connectivity index (χ3n) is 3.39. The molecule has 0 bridgehead atoms. The first-order valence-corrected chi connectivity index (χ1v) is 8.07. The predicted molar refractivity (Wildman–Crippen MR) is 96.7 cm³/mol. The molecule has 0 atom stereocenters. The van der Waals surface area contributed by atoms with Gasteiger partial charge in [0.25, 0.3) is 0 Å². The van der Waals surface area contributed by atoms with Crippen molar-refractivity contribution in [2.45, 2.75) is 20.8 Å². The molecule has 0 aliphatic carbocycles. The van der Waals surface area contributed by atoms with E-state index in [1.807, 2.05) is 56.3 Å². The molecule has 2 amide bonds. The fraction of sp³-hybridized carbons (Fsp3) is 0.222. The van der Waals surface area contributed by atoms with Gasteiger partial charge in [0.1, 0.15) is 6.54 Å². The molecule has 2 aromatic carbocycles. The molecule has 120 valence electrons. The highest BCUT2D eigenvalue weighted by Crippen LogP contribution is 2.23. The average molecular weight is 375 g/mol. The van der Waals surface area contributed by atoms with Crippen molar-refractivity contribution in [2.75, 3.05) is 16.8 Å². The van der Waals surface area contributed by atoms with E-state index in [2.05, 4.69) is 21.2 Å². The summed E-state index contributed by atoms with van der Waals surface area (Å²) in [6.07, 6.45) is 0. The lowest BCUT2D eigenvalue weighted by Gasteiger charge is -2.21. The summed E-state index contributed by atoms with van der Waals surface area (Å²) < 4.78 is 0.816. The molecule has 1 N–H and O–H groups in total. The molecule has 0 saturated carbocycles. The van der Waals surface area contributed by atoms with E-state index in [4.69, 9.17) is 0 Å². The number of carbonyl (C=O) groups excluding carboxylic acids is 2. The molecule has 2 aromatic rings. The molecule has 0 aliphatic heterocycles. The molecule has 5 heteroatoms. The van der Waals surface area contributed by atoms with Crippen LogP contribution >= 0.6 is 15.9 Å². The van der Waals surface area contributed by atoms with Crippen LogP contribution in [0.2, 0.25) is 0 Å². The quantitative estimate of drug-likeness (QED) is 0.876. The fourth-order valence-corrected chi connectivity index (χ4v) is 2.83. The van der Waals surface area contributed by atoms with E-state index < -0.39 is 0 Å². The van der Waals surface area contributed by atoms with Crippen molar-refractivity contribution >= 4 is 39.1 Å². The smallest absolute Gasteiger partial charge is 0.244 e. The predicted octanol–water partition coefficient (Wildman–Crippen LogP) is 4.06. The molecule has 0 heterocycles. The second kappa shape index (κ2) is 7.42. The van der Waals surface area contributed by atoms with Crippen LogP contribution in [0.5, 0.6) is 0 Å². The van der Waals surface area contributed by atoms with Crippen LogP contribution in [-0.2, 0) is 9.59 Å². The molecule has 23 heavy (non-hydrogen) atoms. The molecule has 0 saturated heterocycles. The zero-order chi connectivity index (χ0) is 17.0. The number of carbonyl (C=O) groups is 2. The topological polar surface area (TPSA) is 49.4 Å². The van der Waals surface area contributed by atoms with Crippen LogP contribution in [0.3, 0.4) is 0 Å². The normalized spacial score (nSPS) is 10.3. The molecule has 0 aromatic heterocycles. The van der Waals surface area contributed by atoms with Crippen LogP contribution < -0.4 is 10.2 Å². The highest BCUT2D eigenvalue weighted by Gasteiger charge is 2.16. The van der Waals surface area contributed by atoms with Gasteiger partial charge >= 0.3 is 0 Å². The molecule has 0 unspecified atom stereocenters. The minimum absolute atomic E-state index is 0.0287. The lowest BCUT2D eigenvalue weighted by atomic mass is 10.2. The van der Waals surface area contributed by atoms with Gasteiger partial charge < -0.3 is 10.2 Å². The van der Waals surface area contributed by atoms with Crippen molar-refractivity contribution in [3.63, 3.8) is 0 Å². The summed E-state index contributed by atoms with van der Waals surface area (Å²) in [6.45, 7) is 5.35. The van der Waals surface area contributed by atoms with Gasteiger partial charge in [-0.1, -0.05) is 18.2 Å². The van der Waals surface area contributed by atoms with Crippen LogP contribution in [-0.4, -0.2) is 18.4 Å². The van der Waals surface area contributed by atoms with E-state index in [9.17, 15) is 9.59 Å². The summed E-state index contributed by atoms with van der Waals surface area (Å²) >= 11 is 3.43. The summed E-state index contributed by atoms with van der Waals surface area (Å²) in [6, 6.07) is 13.2. The Morgan fingerprint density at radius 1 is 1.09 bits per heavy atom. The van der Waals surface area contributed by atoms with Crippen molar-refractivity contribution in [1.29, 1.82) is 0 Å². The second-order valence-corrected chi connectivity index (χ2v) is 6.33. The number of hydrogen-bond donors (Lipinski definition) is 1. The van der Waals surface area contributed by atoms with E-state index in [1.54, 1.807) is 0 Å². The number of halogens is 1. The number of benzene rings is 2. The maximum Gasteiger partial charge on any atom is 0.244 e. The van der Waals surface area contributed by atoms with Gasteiger partial charge in [0, 0.05) is 17.1 Å². The van der Waals surface area contributed by atoms with Crippen molar-refractivity contribution < 1.29 is 9.59 Å². The third-order valence-corrected chi connectivity index (χ3v) is 4.05. The van der Waals surface area contributed by atoms with E-state index in [0.29, 0.717) is 5.69 Å². The Balaban J connectivity index is 2.14. The number of anilines is 2. The standard InChI is InChI=1S/C18H19BrN2O2/c1-12-5-4-6-15(9-12)21(14(3)22)11-18(23)20-17-8-7-13(2)10-16(17)19/h4-10H,11H2,1-3H3,(H,20,23). The van der Waals surface area contributed by atoms with Crippen molar-refractivity contribution in [1.82, 2.24) is 0 Å². The Labute approximate surface area is 144 Å². The van der Waals surface area contributed by atoms with Crippen molar-refractivity contribution in [3.8, 4) is 0 Å². The van der Waals surface area contributed by atoms with Gasteiger partial charge in [-0.15, -0.1) is 0 Å². The van der Waals surface area contributed by atoms with Gasteiger partial charge in [0.2, 0.25) is 11.8 Å². The van der Waals surface area contributed by atoms with Gasteiger partial charge in [-0.25, -0.2) is 0 Å². The molecule has 0 spiro atoms. The fourth-order valence-electron chi connectivity index (χ4n) is 2.24. The van der Waals surface area contributed by atoms with Crippen LogP contribution in [0, 0.1) is 13.8 Å². The summed E-state index contributed by atoms with van der Waals surface area (Å²) in [5.41, 5.74) is 3.54. The van der Waals surface area contributed by atoms with Gasteiger partial charge in [-0.05, 0) is 65.2 Å². The first-order chi connectivity index (χ1) is 10.9. The van der Waals surface area contributed by atoms with E-state index in [1.165, 1.54) is 11.8 Å². The highest BCUT2D eigenvalue weighted by molar-refractivity contribution is 9.10. The highest BCUT2D eigenvalue weighted by atomic mass is 79.9. The average Bonchev–Trinajstić information content (AvgIpc) is 2.47. The molecule has 0 fully saturated rings. The van der Waals surface area contributed by atoms with Crippen molar-refractivity contribution in [3.05, 3.63) is 58.1 Å².